The van der Waals surface area contributed by atoms with Crippen molar-refractivity contribution in [2.75, 3.05) is 60.6 Å². The molecule has 3 rings (SSSR count). The van der Waals surface area contributed by atoms with E-state index < -0.39 is 34.1 Å². The minimum absolute atomic E-state index is 0.0606. The van der Waals surface area contributed by atoms with Crippen LogP contribution in [0, 0.1) is 0 Å². The zero-order chi connectivity index (χ0) is 29.5. The summed E-state index contributed by atoms with van der Waals surface area (Å²) in [5.74, 6) is -0.891. The molecule has 12 nitrogen and oxygen atoms in total. The van der Waals surface area contributed by atoms with Crippen LogP contribution in [-0.2, 0) is 24.3 Å². The molecular weight excluding hydrogens is 540 g/mol. The highest BCUT2D eigenvalue weighted by molar-refractivity contribution is 7.92. The number of carbonyl (C=O) groups excluding carboxylic acids is 3. The van der Waals surface area contributed by atoms with Gasteiger partial charge in [-0.2, -0.15) is 0 Å². The first kappa shape index (κ1) is 30.5. The highest BCUT2D eigenvalue weighted by atomic mass is 32.2. The second-order valence-corrected chi connectivity index (χ2v) is 11.9. The minimum atomic E-state index is -3.67. The van der Waals surface area contributed by atoms with Gasteiger partial charge < -0.3 is 29.3 Å². The molecule has 218 valence electrons. The maximum atomic E-state index is 12.9. The summed E-state index contributed by atoms with van der Waals surface area (Å²) in [6.45, 7) is 9.27. The van der Waals surface area contributed by atoms with E-state index in [1.807, 2.05) is 32.9 Å². The molecule has 2 aromatic rings. The standard InChI is InChI=1S/C27H36N4O8S/c1-6-37-24(32)18-38-23-12-9-20(17-22(23)29-40(5,35)36)28-25(33)19-7-10-21(11-8-19)30-13-15-31(16-14-30)26(34)39-27(2,3)4/h7-12,17,29H,6,13-16,18H2,1-5H3,(H,28,33). The van der Waals surface area contributed by atoms with Crippen LogP contribution in [0.5, 0.6) is 5.75 Å². The Kier molecular flexibility index (Phi) is 9.85. The molecule has 0 unspecified atom stereocenters. The summed E-state index contributed by atoms with van der Waals surface area (Å²) in [5, 5.41) is 2.74. The first-order valence-corrected chi connectivity index (χ1v) is 14.7. The van der Waals surface area contributed by atoms with Crippen molar-refractivity contribution in [1.29, 1.82) is 0 Å². The van der Waals surface area contributed by atoms with Crippen molar-refractivity contribution >= 4 is 45.1 Å². The number of sulfonamides is 1. The molecule has 1 fully saturated rings. The fourth-order valence-corrected chi connectivity index (χ4v) is 4.41. The molecule has 1 aliphatic heterocycles. The lowest BCUT2D eigenvalue weighted by atomic mass is 10.1. The van der Waals surface area contributed by atoms with Gasteiger partial charge in [-0.1, -0.05) is 0 Å². The van der Waals surface area contributed by atoms with E-state index in [1.165, 1.54) is 18.2 Å². The number of nitrogens with one attached hydrogen (secondary N) is 2. The fourth-order valence-electron chi connectivity index (χ4n) is 3.85. The molecule has 0 radical (unpaired) electrons. The Morgan fingerprint density at radius 3 is 2.20 bits per heavy atom. The van der Waals surface area contributed by atoms with E-state index in [1.54, 1.807) is 24.0 Å². The summed E-state index contributed by atoms with van der Waals surface area (Å²) < 4.78 is 41.7. The van der Waals surface area contributed by atoms with Gasteiger partial charge in [0.2, 0.25) is 10.0 Å². The van der Waals surface area contributed by atoms with Crippen LogP contribution < -0.4 is 19.7 Å². The number of nitrogens with zero attached hydrogens (tertiary/aromatic N) is 2. The maximum absolute atomic E-state index is 12.9. The van der Waals surface area contributed by atoms with Crippen LogP contribution in [0.15, 0.2) is 42.5 Å². The first-order valence-electron chi connectivity index (χ1n) is 12.8. The minimum Gasteiger partial charge on any atom is -0.480 e. The average Bonchev–Trinajstić information content (AvgIpc) is 2.86. The Morgan fingerprint density at radius 1 is 0.975 bits per heavy atom. The number of hydrogen-bond donors (Lipinski definition) is 2. The lowest BCUT2D eigenvalue weighted by Crippen LogP contribution is -2.50. The molecule has 0 atom stereocenters. The molecule has 2 N–H and O–H groups in total. The second-order valence-electron chi connectivity index (χ2n) is 10.1. The van der Waals surface area contributed by atoms with Gasteiger partial charge in [-0.25, -0.2) is 18.0 Å². The molecule has 2 aromatic carbocycles. The highest BCUT2D eigenvalue weighted by Gasteiger charge is 2.26. The number of esters is 1. The molecule has 1 aliphatic rings. The van der Waals surface area contributed by atoms with Crippen molar-refractivity contribution in [2.24, 2.45) is 0 Å². The second kappa shape index (κ2) is 12.9. The molecule has 0 saturated carbocycles. The van der Waals surface area contributed by atoms with Gasteiger partial charge in [0, 0.05) is 43.1 Å². The van der Waals surface area contributed by atoms with Gasteiger partial charge in [0.1, 0.15) is 11.4 Å². The van der Waals surface area contributed by atoms with Crippen LogP contribution in [0.1, 0.15) is 38.1 Å². The van der Waals surface area contributed by atoms with Crippen molar-refractivity contribution in [3.8, 4) is 5.75 Å². The SMILES string of the molecule is CCOC(=O)COc1ccc(NC(=O)c2ccc(N3CCN(C(=O)OC(C)(C)C)CC3)cc2)cc1NS(C)(=O)=O. The average molecular weight is 577 g/mol. The predicted molar refractivity (Wildman–Crippen MR) is 151 cm³/mol. The highest BCUT2D eigenvalue weighted by Crippen LogP contribution is 2.29. The zero-order valence-electron chi connectivity index (χ0n) is 23.4. The Labute approximate surface area is 234 Å². The van der Waals surface area contributed by atoms with E-state index in [9.17, 15) is 22.8 Å². The van der Waals surface area contributed by atoms with Crippen molar-refractivity contribution in [3.05, 3.63) is 48.0 Å². The zero-order valence-corrected chi connectivity index (χ0v) is 24.2. The van der Waals surface area contributed by atoms with Gasteiger partial charge in [0.15, 0.2) is 6.61 Å². The molecule has 0 bridgehead atoms. The summed E-state index contributed by atoms with van der Waals surface area (Å²) in [5.41, 5.74) is 1.16. The molecule has 0 aromatic heterocycles. The molecule has 2 amide bonds. The van der Waals surface area contributed by atoms with E-state index in [0.717, 1.165) is 11.9 Å². The molecular formula is C27H36N4O8S. The summed E-state index contributed by atoms with van der Waals surface area (Å²) >= 11 is 0. The third-order valence-corrected chi connectivity index (χ3v) is 6.20. The van der Waals surface area contributed by atoms with E-state index in [4.69, 9.17) is 14.2 Å². The number of amides is 2. The summed E-state index contributed by atoms with van der Waals surface area (Å²) in [6, 6.07) is 11.4. The Balaban J connectivity index is 1.63. The smallest absolute Gasteiger partial charge is 0.410 e. The first-order chi connectivity index (χ1) is 18.7. The quantitative estimate of drug-likeness (QED) is 0.430. The van der Waals surface area contributed by atoms with Gasteiger partial charge in [-0.05, 0) is 70.2 Å². The number of rotatable bonds is 9. The number of carbonyl (C=O) groups is 3. The monoisotopic (exact) mass is 576 g/mol. The van der Waals surface area contributed by atoms with Crippen LogP contribution >= 0.6 is 0 Å². The predicted octanol–water partition coefficient (Wildman–Crippen LogP) is 3.31. The number of piperazine rings is 1. The molecule has 40 heavy (non-hydrogen) atoms. The number of anilines is 3. The molecule has 13 heteroatoms. The van der Waals surface area contributed by atoms with E-state index in [-0.39, 0.29) is 24.1 Å². The van der Waals surface area contributed by atoms with E-state index in [0.29, 0.717) is 37.4 Å². The van der Waals surface area contributed by atoms with Crippen LogP contribution in [0.3, 0.4) is 0 Å². The molecule has 1 saturated heterocycles. The van der Waals surface area contributed by atoms with E-state index >= 15 is 0 Å². The fraction of sp³-hybridized carbons (Fsp3) is 0.444. The normalized spacial score (nSPS) is 13.8. The summed E-state index contributed by atoms with van der Waals surface area (Å²) in [4.78, 5) is 40.6. The van der Waals surface area contributed by atoms with Gasteiger partial charge in [0.05, 0.1) is 18.6 Å². The third-order valence-electron chi connectivity index (χ3n) is 5.61. The number of hydrogen-bond acceptors (Lipinski definition) is 9. The Bertz CT molecular complexity index is 1320. The maximum Gasteiger partial charge on any atom is 0.410 e. The summed E-state index contributed by atoms with van der Waals surface area (Å²) in [6.07, 6.45) is 0.652. The van der Waals surface area contributed by atoms with E-state index in [2.05, 4.69) is 14.9 Å². The van der Waals surface area contributed by atoms with Gasteiger partial charge in [0.25, 0.3) is 5.91 Å². The number of ether oxygens (including phenoxy) is 3. The third kappa shape index (κ3) is 9.33. The molecule has 1 heterocycles. The van der Waals surface area contributed by atoms with Crippen LogP contribution in [-0.4, -0.2) is 82.5 Å². The van der Waals surface area contributed by atoms with Crippen LogP contribution in [0.2, 0.25) is 0 Å². The molecule has 0 spiro atoms. The Hall–Kier alpha value is -4.00. The van der Waals surface area contributed by atoms with Gasteiger partial charge >= 0.3 is 12.1 Å². The molecule has 0 aliphatic carbocycles. The van der Waals surface area contributed by atoms with Gasteiger partial charge in [-0.3, -0.25) is 9.52 Å². The van der Waals surface area contributed by atoms with Crippen molar-refractivity contribution in [2.45, 2.75) is 33.3 Å². The van der Waals surface area contributed by atoms with Crippen molar-refractivity contribution < 1.29 is 37.0 Å². The Morgan fingerprint density at radius 2 is 1.62 bits per heavy atom. The van der Waals surface area contributed by atoms with Crippen LogP contribution in [0.25, 0.3) is 0 Å². The lowest BCUT2D eigenvalue weighted by molar-refractivity contribution is -0.145. The lowest BCUT2D eigenvalue weighted by Gasteiger charge is -2.36. The van der Waals surface area contributed by atoms with Crippen LogP contribution in [0.4, 0.5) is 21.9 Å². The van der Waals surface area contributed by atoms with Gasteiger partial charge in [-0.15, -0.1) is 0 Å². The topological polar surface area (TPSA) is 144 Å². The number of benzene rings is 2. The van der Waals surface area contributed by atoms with Crippen molar-refractivity contribution in [1.82, 2.24) is 4.90 Å². The summed E-state index contributed by atoms with van der Waals surface area (Å²) in [7, 11) is -3.67. The van der Waals surface area contributed by atoms with Crippen molar-refractivity contribution in [3.63, 3.8) is 0 Å². The largest absolute Gasteiger partial charge is 0.480 e.